The third-order valence-corrected chi connectivity index (χ3v) is 16.2. The van der Waals surface area contributed by atoms with Crippen molar-refractivity contribution in [2.45, 2.75) is 11.2 Å². The number of hydrogen-bond acceptors (Lipinski definition) is 6. The molecule has 6 nitrogen and oxygen atoms in total. The number of rotatable bonds is 10. The summed E-state index contributed by atoms with van der Waals surface area (Å²) in [5, 5.41) is 33.2. The third kappa shape index (κ3) is 7.42. The molecule has 0 fully saturated rings. The van der Waals surface area contributed by atoms with Gasteiger partial charge in [-0.1, -0.05) is 218 Å². The van der Waals surface area contributed by atoms with Crippen molar-refractivity contribution in [3.8, 4) is 22.3 Å². The first kappa shape index (κ1) is 47.0. The van der Waals surface area contributed by atoms with E-state index < -0.39 is 11.2 Å². The Morgan fingerprint density at radius 3 is 1.00 bits per heavy atom. The van der Waals surface area contributed by atoms with E-state index in [4.69, 9.17) is 8.83 Å². The SMILES string of the molecule is OC1(c2ccc(-c3ccccc3)cc2)c2ccc(N(c3ccccc3)c3cccc4c3oc3ccccc34)cc2C(O)(c2ccc(-c3ccccc3)cc2)c2ccc(N(c3ccccc3)c3cccc4c3oc3ccccc34)cc21. The van der Waals surface area contributed by atoms with Crippen LogP contribution < -0.4 is 9.80 Å². The zero-order valence-electron chi connectivity index (χ0n) is 43.3. The van der Waals surface area contributed by atoms with Crippen molar-refractivity contribution in [1.82, 2.24) is 0 Å². The van der Waals surface area contributed by atoms with E-state index in [1.54, 1.807) is 0 Å². The standard InChI is InChI=1S/C74H50N2O4/c77-73(53-39-35-51(36-40-53)49-19-5-1-6-20-49)63-45-43-58(76(56-25-11-4-12-26-56)68-32-18-30-62-60-28-14-16-34-70(60)80-72(62)68)48-66(63)74(78,54-41-37-52(38-42-54)50-21-7-2-8-22-50)64-46-44-57(47-65(64)73)75(55-23-9-3-10-24-55)67-31-17-29-61-59-27-13-15-33-69(59)79-71(61)67/h1-48,77-78H. The molecule has 0 saturated heterocycles. The topological polar surface area (TPSA) is 73.2 Å². The molecular formula is C74H50N2O4. The van der Waals surface area contributed by atoms with Gasteiger partial charge in [-0.15, -0.1) is 0 Å². The number of nitrogens with zero attached hydrogens (tertiary/aromatic N) is 2. The van der Waals surface area contributed by atoms with Gasteiger partial charge < -0.3 is 28.8 Å². The van der Waals surface area contributed by atoms with Crippen molar-refractivity contribution in [1.29, 1.82) is 0 Å². The molecule has 0 spiro atoms. The lowest BCUT2D eigenvalue weighted by atomic mass is 9.63. The first-order chi connectivity index (χ1) is 39.4. The van der Waals surface area contributed by atoms with Crippen LogP contribution in [0.1, 0.15) is 33.4 Å². The van der Waals surface area contributed by atoms with E-state index in [-0.39, 0.29) is 0 Å². The van der Waals surface area contributed by atoms with Gasteiger partial charge in [0.15, 0.2) is 11.2 Å². The summed E-state index contributed by atoms with van der Waals surface area (Å²) in [7, 11) is 0. The van der Waals surface area contributed by atoms with E-state index in [1.165, 1.54) is 0 Å². The van der Waals surface area contributed by atoms with Gasteiger partial charge in [0.05, 0.1) is 11.4 Å². The van der Waals surface area contributed by atoms with Crippen molar-refractivity contribution in [2.75, 3.05) is 9.80 Å². The highest BCUT2D eigenvalue weighted by atomic mass is 16.3. The van der Waals surface area contributed by atoms with Crippen LogP contribution in [0.15, 0.2) is 300 Å². The maximum Gasteiger partial charge on any atom is 0.159 e. The molecule has 2 aromatic heterocycles. The molecule has 0 bridgehead atoms. The Bertz CT molecular complexity index is 4320. The minimum absolute atomic E-state index is 0.530. The minimum atomic E-state index is -1.82. The van der Waals surface area contributed by atoms with E-state index >= 15 is 0 Å². The van der Waals surface area contributed by atoms with Crippen LogP contribution in [0.2, 0.25) is 0 Å². The van der Waals surface area contributed by atoms with Crippen LogP contribution in [0.3, 0.4) is 0 Å². The van der Waals surface area contributed by atoms with E-state index in [0.29, 0.717) is 33.4 Å². The Balaban J connectivity index is 1.01. The molecule has 6 heteroatoms. The van der Waals surface area contributed by atoms with E-state index in [1.807, 2.05) is 146 Å². The van der Waals surface area contributed by atoms with Gasteiger partial charge in [-0.2, -0.15) is 0 Å². The summed E-state index contributed by atoms with van der Waals surface area (Å²) in [6, 6.07) is 98.4. The molecule has 380 valence electrons. The van der Waals surface area contributed by atoms with Crippen molar-refractivity contribution < 1.29 is 19.0 Å². The quantitative estimate of drug-likeness (QED) is 0.142. The van der Waals surface area contributed by atoms with E-state index in [2.05, 4.69) is 155 Å². The van der Waals surface area contributed by atoms with Crippen LogP contribution in [0.5, 0.6) is 0 Å². The highest BCUT2D eigenvalue weighted by molar-refractivity contribution is 6.11. The number of fused-ring (bicyclic) bond motifs is 8. The lowest BCUT2D eigenvalue weighted by molar-refractivity contribution is 0.0749. The number of para-hydroxylation sites is 6. The van der Waals surface area contributed by atoms with Crippen LogP contribution in [-0.4, -0.2) is 10.2 Å². The minimum Gasteiger partial charge on any atom is -0.454 e. The summed E-state index contributed by atoms with van der Waals surface area (Å²) in [6.07, 6.45) is 0. The summed E-state index contributed by atoms with van der Waals surface area (Å²) in [5.41, 5.74) is 11.9. The average molecular weight is 1030 g/mol. The Morgan fingerprint density at radius 2 is 0.600 bits per heavy atom. The fraction of sp³-hybridized carbons (Fsp3) is 0.0270. The van der Waals surface area contributed by atoms with Crippen molar-refractivity contribution in [2.24, 2.45) is 0 Å². The van der Waals surface area contributed by atoms with Crippen molar-refractivity contribution in [3.05, 3.63) is 325 Å². The second-order valence-electron chi connectivity index (χ2n) is 20.6. The van der Waals surface area contributed by atoms with Gasteiger partial charge in [-0.3, -0.25) is 0 Å². The maximum atomic E-state index is 14.6. The smallest absolute Gasteiger partial charge is 0.159 e. The van der Waals surface area contributed by atoms with Gasteiger partial charge in [0.2, 0.25) is 0 Å². The van der Waals surface area contributed by atoms with Gasteiger partial charge in [-0.05, 0) is 117 Å². The molecule has 0 saturated carbocycles. The zero-order chi connectivity index (χ0) is 53.4. The molecule has 2 N–H and O–H groups in total. The van der Waals surface area contributed by atoms with E-state index in [0.717, 1.165) is 100 Å². The predicted molar refractivity (Wildman–Crippen MR) is 325 cm³/mol. The van der Waals surface area contributed by atoms with Crippen LogP contribution in [-0.2, 0) is 11.2 Å². The van der Waals surface area contributed by atoms with Crippen LogP contribution >= 0.6 is 0 Å². The summed E-state index contributed by atoms with van der Waals surface area (Å²) in [6.45, 7) is 0. The predicted octanol–water partition coefficient (Wildman–Crippen LogP) is 18.6. The second kappa shape index (κ2) is 18.7. The molecule has 2 unspecified atom stereocenters. The number of benzene rings is 12. The molecule has 1 aliphatic carbocycles. The molecular weight excluding hydrogens is 981 g/mol. The zero-order valence-corrected chi connectivity index (χ0v) is 43.3. The van der Waals surface area contributed by atoms with Gasteiger partial charge >= 0.3 is 0 Å². The summed E-state index contributed by atoms with van der Waals surface area (Å²) in [5.74, 6) is 0. The van der Waals surface area contributed by atoms with Crippen molar-refractivity contribution >= 4 is 78.0 Å². The number of aliphatic hydroxyl groups is 2. The second-order valence-corrected chi connectivity index (χ2v) is 20.6. The van der Waals surface area contributed by atoms with E-state index in [9.17, 15) is 10.2 Å². The summed E-state index contributed by atoms with van der Waals surface area (Å²) < 4.78 is 13.5. The van der Waals surface area contributed by atoms with Gasteiger partial charge in [-0.25, -0.2) is 0 Å². The Hall–Kier alpha value is -10.2. The molecule has 80 heavy (non-hydrogen) atoms. The molecule has 0 amide bonds. The highest BCUT2D eigenvalue weighted by Crippen LogP contribution is 2.57. The maximum absolute atomic E-state index is 14.6. The fourth-order valence-electron chi connectivity index (χ4n) is 12.4. The molecule has 2 heterocycles. The lowest BCUT2D eigenvalue weighted by Gasteiger charge is -2.46. The number of anilines is 6. The van der Waals surface area contributed by atoms with Crippen molar-refractivity contribution in [3.63, 3.8) is 0 Å². The van der Waals surface area contributed by atoms with Crippen LogP contribution in [0.25, 0.3) is 66.1 Å². The van der Waals surface area contributed by atoms with Gasteiger partial charge in [0.1, 0.15) is 22.4 Å². The summed E-state index contributed by atoms with van der Waals surface area (Å²) >= 11 is 0. The fourth-order valence-corrected chi connectivity index (χ4v) is 12.4. The van der Waals surface area contributed by atoms with Gasteiger partial charge in [0, 0.05) is 55.4 Å². The third-order valence-electron chi connectivity index (χ3n) is 16.2. The molecule has 0 aliphatic heterocycles. The molecule has 0 radical (unpaired) electrons. The Kier molecular flexibility index (Phi) is 11.0. The Labute approximate surface area is 462 Å². The molecule has 14 aromatic rings. The van der Waals surface area contributed by atoms with Crippen LogP contribution in [0.4, 0.5) is 34.1 Å². The highest BCUT2D eigenvalue weighted by Gasteiger charge is 2.52. The largest absolute Gasteiger partial charge is 0.454 e. The number of furan rings is 2. The first-order valence-electron chi connectivity index (χ1n) is 27.0. The summed E-state index contributed by atoms with van der Waals surface area (Å²) in [4.78, 5) is 4.37. The molecule has 1 aliphatic rings. The lowest BCUT2D eigenvalue weighted by Crippen LogP contribution is -2.44. The molecule has 15 rings (SSSR count). The number of hydrogen-bond donors (Lipinski definition) is 2. The van der Waals surface area contributed by atoms with Crippen LogP contribution in [0, 0.1) is 0 Å². The monoisotopic (exact) mass is 1030 g/mol. The normalized spacial score (nSPS) is 15.7. The first-order valence-corrected chi connectivity index (χ1v) is 27.0. The Morgan fingerprint density at radius 1 is 0.263 bits per heavy atom. The average Bonchev–Trinajstić information content (AvgIpc) is 4.15. The molecule has 12 aromatic carbocycles. The van der Waals surface area contributed by atoms with Gasteiger partial charge in [0.25, 0.3) is 0 Å². The molecule has 2 atom stereocenters.